The third-order valence-electron chi connectivity index (χ3n) is 2.80. The van der Waals surface area contributed by atoms with Crippen molar-refractivity contribution < 1.29 is 26.4 Å². The Balaban J connectivity index is 2.96. The Morgan fingerprint density at radius 2 is 1.89 bits per heavy atom. The molecule has 1 aliphatic heterocycles. The number of alkyl halides is 3. The Bertz CT molecular complexity index is 449. The third-order valence-corrected chi connectivity index (χ3v) is 4.54. The van der Waals surface area contributed by atoms with Gasteiger partial charge in [-0.2, -0.15) is 30.6 Å². The van der Waals surface area contributed by atoms with Crippen molar-refractivity contribution >= 4 is 16.1 Å². The van der Waals surface area contributed by atoms with Crippen LogP contribution in [0.2, 0.25) is 0 Å². The van der Waals surface area contributed by atoms with Crippen LogP contribution in [0.25, 0.3) is 0 Å². The average molecular weight is 303 g/mol. The first-order valence-electron chi connectivity index (χ1n) is 5.58. The number of carbonyl (C=O) groups is 1. The van der Waals surface area contributed by atoms with E-state index in [1.807, 2.05) is 0 Å². The predicted molar refractivity (Wildman–Crippen MR) is 61.0 cm³/mol. The van der Waals surface area contributed by atoms with E-state index in [4.69, 9.17) is 5.73 Å². The number of nitrogens with one attached hydrogen (secondary N) is 1. The standard InChI is InChI=1S/C9H16F3N3O3S/c1-5(2)14-19(17,18)15-3-6(8(13)16)7(4-15)9(10,11)12/h5-7,14H,3-4H2,1-2H3,(H2,13,16)/t6-,7-/m0/s1. The lowest BCUT2D eigenvalue weighted by atomic mass is 9.95. The van der Waals surface area contributed by atoms with Crippen LogP contribution in [0, 0.1) is 11.8 Å². The fourth-order valence-electron chi connectivity index (χ4n) is 1.96. The molecule has 112 valence electrons. The van der Waals surface area contributed by atoms with E-state index in [1.165, 1.54) is 0 Å². The van der Waals surface area contributed by atoms with Gasteiger partial charge in [-0.15, -0.1) is 0 Å². The number of halogens is 3. The molecule has 0 aromatic heterocycles. The zero-order chi connectivity index (χ0) is 15.0. The Hall–Kier alpha value is -0.870. The van der Waals surface area contributed by atoms with Crippen molar-refractivity contribution in [1.29, 1.82) is 0 Å². The molecular weight excluding hydrogens is 287 g/mol. The molecule has 0 spiro atoms. The highest BCUT2D eigenvalue weighted by Crippen LogP contribution is 2.38. The second-order valence-electron chi connectivity index (χ2n) is 4.75. The predicted octanol–water partition coefficient (Wildman–Crippen LogP) is -0.175. The van der Waals surface area contributed by atoms with Crippen LogP contribution < -0.4 is 10.5 Å². The van der Waals surface area contributed by atoms with Gasteiger partial charge in [0, 0.05) is 19.1 Å². The van der Waals surface area contributed by atoms with Crippen molar-refractivity contribution in [2.24, 2.45) is 17.6 Å². The van der Waals surface area contributed by atoms with Crippen LogP contribution in [-0.2, 0) is 15.0 Å². The average Bonchev–Trinajstić information content (AvgIpc) is 2.58. The van der Waals surface area contributed by atoms with Gasteiger partial charge in [-0.05, 0) is 13.8 Å². The Morgan fingerprint density at radius 3 is 2.21 bits per heavy atom. The van der Waals surface area contributed by atoms with Crippen LogP contribution >= 0.6 is 0 Å². The van der Waals surface area contributed by atoms with E-state index in [0.29, 0.717) is 4.31 Å². The monoisotopic (exact) mass is 303 g/mol. The highest BCUT2D eigenvalue weighted by molar-refractivity contribution is 7.87. The van der Waals surface area contributed by atoms with Gasteiger partial charge in [0.15, 0.2) is 0 Å². The highest BCUT2D eigenvalue weighted by Gasteiger charge is 2.54. The summed E-state index contributed by atoms with van der Waals surface area (Å²) in [6.45, 7) is 1.74. The summed E-state index contributed by atoms with van der Waals surface area (Å²) < 4.78 is 64.6. The van der Waals surface area contributed by atoms with E-state index < -0.39 is 53.3 Å². The van der Waals surface area contributed by atoms with Crippen molar-refractivity contribution in [3.05, 3.63) is 0 Å². The summed E-state index contributed by atoms with van der Waals surface area (Å²) in [5.41, 5.74) is 4.91. The van der Waals surface area contributed by atoms with E-state index in [9.17, 15) is 26.4 Å². The molecule has 0 aliphatic carbocycles. The van der Waals surface area contributed by atoms with Crippen molar-refractivity contribution in [1.82, 2.24) is 9.03 Å². The number of nitrogens with zero attached hydrogens (tertiary/aromatic N) is 1. The fraction of sp³-hybridized carbons (Fsp3) is 0.889. The largest absolute Gasteiger partial charge is 0.393 e. The molecule has 1 aliphatic rings. The summed E-state index contributed by atoms with van der Waals surface area (Å²) >= 11 is 0. The molecule has 2 atom stereocenters. The van der Waals surface area contributed by atoms with E-state index in [2.05, 4.69) is 4.72 Å². The summed E-state index contributed by atoms with van der Waals surface area (Å²) in [5, 5.41) is 0. The zero-order valence-corrected chi connectivity index (χ0v) is 11.3. The fourth-order valence-corrected chi connectivity index (χ4v) is 3.41. The summed E-state index contributed by atoms with van der Waals surface area (Å²) in [6.07, 6.45) is -4.66. The van der Waals surface area contributed by atoms with Crippen LogP contribution in [0.4, 0.5) is 13.2 Å². The highest BCUT2D eigenvalue weighted by atomic mass is 32.2. The zero-order valence-electron chi connectivity index (χ0n) is 10.4. The molecule has 0 aromatic rings. The molecule has 1 amide bonds. The van der Waals surface area contributed by atoms with Crippen molar-refractivity contribution in [3.8, 4) is 0 Å². The number of carbonyl (C=O) groups excluding carboxylic acids is 1. The summed E-state index contributed by atoms with van der Waals surface area (Å²) in [6, 6.07) is -0.457. The number of primary amides is 1. The molecule has 19 heavy (non-hydrogen) atoms. The van der Waals surface area contributed by atoms with Gasteiger partial charge in [0.2, 0.25) is 5.91 Å². The quantitative estimate of drug-likeness (QED) is 0.755. The molecule has 0 saturated carbocycles. The number of hydrogen-bond donors (Lipinski definition) is 2. The summed E-state index contributed by atoms with van der Waals surface area (Å²) in [5.74, 6) is -4.76. The molecule has 0 radical (unpaired) electrons. The molecule has 0 bridgehead atoms. The minimum Gasteiger partial charge on any atom is -0.369 e. The summed E-state index contributed by atoms with van der Waals surface area (Å²) in [4.78, 5) is 11.0. The van der Waals surface area contributed by atoms with Crippen LogP contribution in [0.5, 0.6) is 0 Å². The summed E-state index contributed by atoms with van der Waals surface area (Å²) in [7, 11) is -4.04. The van der Waals surface area contributed by atoms with Crippen LogP contribution in [0.1, 0.15) is 13.8 Å². The number of amides is 1. The first kappa shape index (κ1) is 16.2. The minimum absolute atomic E-state index is 0.457. The number of hydrogen-bond acceptors (Lipinski definition) is 3. The van der Waals surface area contributed by atoms with E-state index in [1.54, 1.807) is 13.8 Å². The smallest absolute Gasteiger partial charge is 0.369 e. The topological polar surface area (TPSA) is 92.5 Å². The van der Waals surface area contributed by atoms with E-state index in [0.717, 1.165) is 0 Å². The van der Waals surface area contributed by atoms with Gasteiger partial charge in [0.1, 0.15) is 0 Å². The Kier molecular flexibility index (Phi) is 4.47. The van der Waals surface area contributed by atoms with E-state index >= 15 is 0 Å². The molecule has 1 fully saturated rings. The lowest BCUT2D eigenvalue weighted by molar-refractivity contribution is -0.182. The Labute approximate surface area is 109 Å². The van der Waals surface area contributed by atoms with Gasteiger partial charge < -0.3 is 5.73 Å². The lowest BCUT2D eigenvalue weighted by Gasteiger charge is -2.19. The van der Waals surface area contributed by atoms with Gasteiger partial charge >= 0.3 is 6.18 Å². The molecule has 3 N–H and O–H groups in total. The minimum atomic E-state index is -4.66. The van der Waals surface area contributed by atoms with E-state index in [-0.39, 0.29) is 0 Å². The second kappa shape index (κ2) is 5.25. The van der Waals surface area contributed by atoms with Gasteiger partial charge in [0.25, 0.3) is 10.2 Å². The normalized spacial score (nSPS) is 26.0. The third kappa shape index (κ3) is 3.80. The maximum absolute atomic E-state index is 12.7. The van der Waals surface area contributed by atoms with Gasteiger partial charge in [-0.25, -0.2) is 0 Å². The molecule has 1 heterocycles. The van der Waals surface area contributed by atoms with Crippen LogP contribution in [-0.4, -0.2) is 43.9 Å². The molecule has 10 heteroatoms. The SMILES string of the molecule is CC(C)NS(=O)(=O)N1C[C@H](C(N)=O)[C@@H](C(F)(F)F)C1. The maximum Gasteiger partial charge on any atom is 0.393 e. The van der Waals surface area contributed by atoms with Crippen molar-refractivity contribution in [3.63, 3.8) is 0 Å². The number of nitrogens with two attached hydrogens (primary N) is 1. The molecule has 1 saturated heterocycles. The Morgan fingerprint density at radius 1 is 1.37 bits per heavy atom. The molecule has 6 nitrogen and oxygen atoms in total. The van der Waals surface area contributed by atoms with Crippen LogP contribution in [0.15, 0.2) is 0 Å². The van der Waals surface area contributed by atoms with Crippen LogP contribution in [0.3, 0.4) is 0 Å². The first-order chi connectivity index (χ1) is 8.45. The van der Waals surface area contributed by atoms with Gasteiger partial charge in [-0.3, -0.25) is 4.79 Å². The van der Waals surface area contributed by atoms with Gasteiger partial charge in [0.05, 0.1) is 11.8 Å². The molecule has 0 aromatic carbocycles. The van der Waals surface area contributed by atoms with Crippen molar-refractivity contribution in [2.75, 3.05) is 13.1 Å². The first-order valence-corrected chi connectivity index (χ1v) is 7.02. The molecule has 1 rings (SSSR count). The second-order valence-corrected chi connectivity index (χ2v) is 6.45. The maximum atomic E-state index is 12.7. The number of rotatable bonds is 4. The molecule has 0 unspecified atom stereocenters. The van der Waals surface area contributed by atoms with Crippen molar-refractivity contribution in [2.45, 2.75) is 26.1 Å². The molecular formula is C9H16F3N3O3S. The lowest BCUT2D eigenvalue weighted by Crippen LogP contribution is -2.43. The van der Waals surface area contributed by atoms with Gasteiger partial charge in [-0.1, -0.05) is 0 Å².